The maximum absolute atomic E-state index is 2.80. The van der Waals surface area contributed by atoms with Crippen LogP contribution in [0.4, 0.5) is 0 Å². The van der Waals surface area contributed by atoms with Gasteiger partial charge in [-0.05, 0) is 50.9 Å². The first kappa shape index (κ1) is 8.82. The van der Waals surface area contributed by atoms with E-state index in [0.717, 1.165) is 18.0 Å². The molecular weight excluding hydrogens is 170 g/mol. The van der Waals surface area contributed by atoms with Gasteiger partial charge in [-0.25, -0.2) is 0 Å². The largest absolute Gasteiger partial charge is 0.369 e. The van der Waals surface area contributed by atoms with Gasteiger partial charge in [-0.15, -0.1) is 0 Å². The molecule has 3 heterocycles. The van der Waals surface area contributed by atoms with Gasteiger partial charge in [-0.2, -0.15) is 0 Å². The number of rotatable bonds is 0. The predicted molar refractivity (Wildman–Crippen MR) is 59.0 cm³/mol. The molecule has 3 rings (SSSR count). The SMILES string of the molecule is C[C@H]1CC2=CCC[C@@H]3CCC[C@@H](C1)N23. The Hall–Kier alpha value is -0.460. The normalized spacial score (nSPS) is 41.6. The van der Waals surface area contributed by atoms with Crippen LogP contribution in [0.5, 0.6) is 0 Å². The van der Waals surface area contributed by atoms with Gasteiger partial charge in [-0.1, -0.05) is 13.0 Å². The van der Waals surface area contributed by atoms with Gasteiger partial charge in [-0.3, -0.25) is 0 Å². The fourth-order valence-corrected chi connectivity index (χ4v) is 3.79. The first-order valence-corrected chi connectivity index (χ1v) is 6.32. The lowest BCUT2D eigenvalue weighted by Gasteiger charge is -2.51. The maximum Gasteiger partial charge on any atom is 0.0292 e. The second kappa shape index (κ2) is 3.29. The van der Waals surface area contributed by atoms with Crippen LogP contribution in [0.15, 0.2) is 11.8 Å². The van der Waals surface area contributed by atoms with Crippen molar-refractivity contribution in [3.63, 3.8) is 0 Å². The average molecular weight is 191 g/mol. The summed E-state index contributed by atoms with van der Waals surface area (Å²) in [5.74, 6) is 0.930. The molecule has 2 fully saturated rings. The van der Waals surface area contributed by atoms with E-state index in [2.05, 4.69) is 17.9 Å². The summed E-state index contributed by atoms with van der Waals surface area (Å²) < 4.78 is 0. The zero-order chi connectivity index (χ0) is 9.54. The summed E-state index contributed by atoms with van der Waals surface area (Å²) in [6.45, 7) is 2.43. The molecule has 0 N–H and O–H groups in total. The Morgan fingerprint density at radius 3 is 3.00 bits per heavy atom. The van der Waals surface area contributed by atoms with Crippen LogP contribution in [-0.4, -0.2) is 17.0 Å². The molecule has 1 nitrogen and oxygen atoms in total. The monoisotopic (exact) mass is 191 g/mol. The Morgan fingerprint density at radius 1 is 1.21 bits per heavy atom. The minimum atomic E-state index is 0.907. The Labute approximate surface area is 87.2 Å². The minimum absolute atomic E-state index is 0.907. The van der Waals surface area contributed by atoms with Crippen molar-refractivity contribution in [2.45, 2.75) is 64.0 Å². The van der Waals surface area contributed by atoms with E-state index in [4.69, 9.17) is 0 Å². The van der Waals surface area contributed by atoms with Crippen molar-refractivity contribution in [2.24, 2.45) is 5.92 Å². The van der Waals surface area contributed by atoms with Crippen LogP contribution in [0.25, 0.3) is 0 Å². The highest BCUT2D eigenvalue weighted by Gasteiger charge is 2.37. The van der Waals surface area contributed by atoms with Crippen molar-refractivity contribution in [3.05, 3.63) is 11.8 Å². The molecule has 3 aliphatic heterocycles. The van der Waals surface area contributed by atoms with Crippen LogP contribution in [-0.2, 0) is 0 Å². The molecule has 0 unspecified atom stereocenters. The Morgan fingerprint density at radius 2 is 2.07 bits per heavy atom. The molecular formula is C13H21N. The summed E-state index contributed by atoms with van der Waals surface area (Å²) in [5, 5.41) is 0. The van der Waals surface area contributed by atoms with E-state index >= 15 is 0 Å². The highest BCUT2D eigenvalue weighted by atomic mass is 15.2. The van der Waals surface area contributed by atoms with Crippen LogP contribution in [0.1, 0.15) is 51.9 Å². The fraction of sp³-hybridized carbons (Fsp3) is 0.846. The van der Waals surface area contributed by atoms with Crippen molar-refractivity contribution in [2.75, 3.05) is 0 Å². The summed E-state index contributed by atoms with van der Waals surface area (Å²) in [6.07, 6.45) is 12.5. The highest BCUT2D eigenvalue weighted by molar-refractivity contribution is 5.14. The molecule has 2 saturated heterocycles. The fourth-order valence-electron chi connectivity index (χ4n) is 3.79. The Kier molecular flexibility index (Phi) is 2.07. The average Bonchev–Trinajstić information content (AvgIpc) is 2.18. The summed E-state index contributed by atoms with van der Waals surface area (Å²) in [7, 11) is 0. The summed E-state index contributed by atoms with van der Waals surface area (Å²) in [5.41, 5.74) is 1.70. The van der Waals surface area contributed by atoms with Gasteiger partial charge in [0.1, 0.15) is 0 Å². The molecule has 0 saturated carbocycles. The van der Waals surface area contributed by atoms with Crippen molar-refractivity contribution < 1.29 is 0 Å². The molecule has 14 heavy (non-hydrogen) atoms. The number of allylic oxidation sites excluding steroid dienone is 2. The quantitative estimate of drug-likeness (QED) is 0.568. The molecule has 0 aliphatic carbocycles. The molecule has 0 aromatic carbocycles. The third-order valence-corrected chi connectivity index (χ3v) is 4.31. The first-order chi connectivity index (χ1) is 6.84. The zero-order valence-corrected chi connectivity index (χ0v) is 9.21. The molecule has 3 aliphatic rings. The van der Waals surface area contributed by atoms with Crippen molar-refractivity contribution in [3.8, 4) is 0 Å². The molecule has 3 atom stereocenters. The topological polar surface area (TPSA) is 3.24 Å². The predicted octanol–water partition coefficient (Wildman–Crippen LogP) is 3.32. The summed E-state index contributed by atoms with van der Waals surface area (Å²) in [6, 6.07) is 1.82. The second-order valence-corrected chi connectivity index (χ2v) is 5.46. The lowest BCUT2D eigenvalue weighted by atomic mass is 9.79. The number of nitrogens with zero attached hydrogens (tertiary/aromatic N) is 1. The Bertz CT molecular complexity index is 256. The second-order valence-electron chi connectivity index (χ2n) is 5.46. The van der Waals surface area contributed by atoms with Crippen molar-refractivity contribution in [1.29, 1.82) is 0 Å². The van der Waals surface area contributed by atoms with Crippen molar-refractivity contribution >= 4 is 0 Å². The number of piperidine rings is 2. The minimum Gasteiger partial charge on any atom is -0.369 e. The van der Waals surface area contributed by atoms with Gasteiger partial charge in [0, 0.05) is 17.8 Å². The number of hydrogen-bond donors (Lipinski definition) is 0. The first-order valence-electron chi connectivity index (χ1n) is 6.32. The van der Waals surface area contributed by atoms with Crippen LogP contribution in [0.3, 0.4) is 0 Å². The van der Waals surface area contributed by atoms with Crippen LogP contribution < -0.4 is 0 Å². The van der Waals surface area contributed by atoms with E-state index in [1.165, 1.54) is 44.9 Å². The highest BCUT2D eigenvalue weighted by Crippen LogP contribution is 2.41. The van der Waals surface area contributed by atoms with E-state index in [-0.39, 0.29) is 0 Å². The molecule has 0 radical (unpaired) electrons. The molecule has 78 valence electrons. The van der Waals surface area contributed by atoms with Gasteiger partial charge in [0.25, 0.3) is 0 Å². The van der Waals surface area contributed by atoms with E-state index < -0.39 is 0 Å². The van der Waals surface area contributed by atoms with E-state index in [9.17, 15) is 0 Å². The van der Waals surface area contributed by atoms with Gasteiger partial charge in [0.05, 0.1) is 0 Å². The molecule has 1 heteroatoms. The lowest BCUT2D eigenvalue weighted by Crippen LogP contribution is -2.50. The van der Waals surface area contributed by atoms with E-state index in [1.54, 1.807) is 5.70 Å². The van der Waals surface area contributed by atoms with Crippen LogP contribution in [0, 0.1) is 5.92 Å². The van der Waals surface area contributed by atoms with Crippen LogP contribution >= 0.6 is 0 Å². The van der Waals surface area contributed by atoms with E-state index in [0.29, 0.717) is 0 Å². The third kappa shape index (κ3) is 1.29. The lowest BCUT2D eigenvalue weighted by molar-refractivity contribution is 0.0608. The standard InChI is InChI=1S/C13H21N/c1-10-8-12-6-2-4-11-5-3-7-13(9-10)14(11)12/h6,10-11,13H,2-5,7-9H2,1H3/t10-,11+,13-/m0/s1. The third-order valence-electron chi connectivity index (χ3n) is 4.31. The molecule has 0 bridgehead atoms. The van der Waals surface area contributed by atoms with Gasteiger partial charge in [0.15, 0.2) is 0 Å². The molecule has 0 spiro atoms. The zero-order valence-electron chi connectivity index (χ0n) is 9.21. The smallest absolute Gasteiger partial charge is 0.0292 e. The molecule has 0 aromatic heterocycles. The van der Waals surface area contributed by atoms with Crippen LogP contribution in [0.2, 0.25) is 0 Å². The van der Waals surface area contributed by atoms with Gasteiger partial charge < -0.3 is 4.90 Å². The number of hydrogen-bond acceptors (Lipinski definition) is 1. The molecule has 0 amide bonds. The van der Waals surface area contributed by atoms with Crippen molar-refractivity contribution in [1.82, 2.24) is 4.90 Å². The summed E-state index contributed by atoms with van der Waals surface area (Å²) in [4.78, 5) is 2.80. The maximum atomic E-state index is 2.80. The Balaban J connectivity index is 1.90. The van der Waals surface area contributed by atoms with Gasteiger partial charge in [0.2, 0.25) is 0 Å². The van der Waals surface area contributed by atoms with E-state index in [1.807, 2.05) is 0 Å². The summed E-state index contributed by atoms with van der Waals surface area (Å²) >= 11 is 0. The molecule has 0 aromatic rings. The van der Waals surface area contributed by atoms with Gasteiger partial charge >= 0.3 is 0 Å².